The molecule has 5 heteroatoms. The molecule has 0 radical (unpaired) electrons. The van der Waals surface area contributed by atoms with E-state index in [9.17, 15) is 14.3 Å². The van der Waals surface area contributed by atoms with Gasteiger partial charge < -0.3 is 15.3 Å². The van der Waals surface area contributed by atoms with Gasteiger partial charge in [-0.1, -0.05) is 24.3 Å². The summed E-state index contributed by atoms with van der Waals surface area (Å²) in [4.78, 5) is 14.1. The number of amides is 1. The molecule has 0 saturated heterocycles. The van der Waals surface area contributed by atoms with Crippen molar-refractivity contribution in [2.24, 2.45) is 0 Å². The lowest BCUT2D eigenvalue weighted by Gasteiger charge is -2.13. The van der Waals surface area contributed by atoms with E-state index in [1.807, 2.05) is 31.1 Å². The molecular weight excluding hydrogens is 295 g/mol. The molecule has 0 fully saturated rings. The Morgan fingerprint density at radius 1 is 1.13 bits per heavy atom. The number of nitrogens with one attached hydrogen (secondary N) is 1. The summed E-state index contributed by atoms with van der Waals surface area (Å²) in [5.41, 5.74) is 2.23. The summed E-state index contributed by atoms with van der Waals surface area (Å²) in [6, 6.07) is 12.9. The van der Waals surface area contributed by atoms with E-state index in [4.69, 9.17) is 0 Å². The van der Waals surface area contributed by atoms with Gasteiger partial charge >= 0.3 is 0 Å². The van der Waals surface area contributed by atoms with Crippen LogP contribution in [0.15, 0.2) is 48.5 Å². The third-order valence-corrected chi connectivity index (χ3v) is 3.43. The summed E-state index contributed by atoms with van der Waals surface area (Å²) in [6.07, 6.45) is -0.868. The number of benzene rings is 2. The first-order chi connectivity index (χ1) is 11.0. The Bertz CT molecular complexity index is 639. The van der Waals surface area contributed by atoms with Crippen LogP contribution >= 0.6 is 0 Å². The highest BCUT2D eigenvalue weighted by Crippen LogP contribution is 2.13. The highest BCUT2D eigenvalue weighted by molar-refractivity contribution is 5.94. The lowest BCUT2D eigenvalue weighted by molar-refractivity contribution is 0.0916. The van der Waals surface area contributed by atoms with Crippen LogP contribution in [0.4, 0.5) is 4.39 Å². The zero-order valence-electron chi connectivity index (χ0n) is 13.3. The van der Waals surface area contributed by atoms with Crippen LogP contribution in [-0.2, 0) is 6.54 Å². The molecule has 0 aliphatic rings. The molecule has 0 saturated carbocycles. The lowest BCUT2D eigenvalue weighted by Crippen LogP contribution is -2.28. The summed E-state index contributed by atoms with van der Waals surface area (Å²) in [5, 5.41) is 12.7. The number of aliphatic hydroxyl groups excluding tert-OH is 1. The fraction of sp³-hybridized carbons (Fsp3) is 0.278. The van der Waals surface area contributed by atoms with Crippen LogP contribution in [0.5, 0.6) is 0 Å². The van der Waals surface area contributed by atoms with E-state index in [0.29, 0.717) is 11.1 Å². The number of halogens is 1. The summed E-state index contributed by atoms with van der Waals surface area (Å²) in [5.74, 6) is -0.606. The van der Waals surface area contributed by atoms with E-state index < -0.39 is 6.10 Å². The average molecular weight is 316 g/mol. The van der Waals surface area contributed by atoms with Gasteiger partial charge in [0.05, 0.1) is 6.10 Å². The number of carbonyl (C=O) groups excluding carboxylic acids is 1. The Balaban J connectivity index is 1.90. The molecule has 122 valence electrons. The van der Waals surface area contributed by atoms with Gasteiger partial charge in [0.15, 0.2) is 0 Å². The standard InChI is InChI=1S/C18H21FN2O2/c1-21(2)12-13-3-5-15(6-4-13)18(23)20-11-17(22)14-7-9-16(19)10-8-14/h3-10,17,22H,11-12H2,1-2H3,(H,20,23). The second-order valence-corrected chi connectivity index (χ2v) is 5.71. The maximum Gasteiger partial charge on any atom is 0.251 e. The van der Waals surface area contributed by atoms with E-state index in [1.54, 1.807) is 12.1 Å². The van der Waals surface area contributed by atoms with Crippen LogP contribution in [0.1, 0.15) is 27.6 Å². The van der Waals surface area contributed by atoms with Gasteiger partial charge in [-0.2, -0.15) is 0 Å². The van der Waals surface area contributed by atoms with Crippen molar-refractivity contribution >= 4 is 5.91 Å². The Hall–Kier alpha value is -2.24. The van der Waals surface area contributed by atoms with Gasteiger partial charge in [-0.25, -0.2) is 4.39 Å². The summed E-state index contributed by atoms with van der Waals surface area (Å²) < 4.78 is 12.8. The van der Waals surface area contributed by atoms with Crippen molar-refractivity contribution in [3.05, 3.63) is 71.0 Å². The van der Waals surface area contributed by atoms with Crippen LogP contribution in [0.3, 0.4) is 0 Å². The van der Waals surface area contributed by atoms with Crippen molar-refractivity contribution in [3.8, 4) is 0 Å². The highest BCUT2D eigenvalue weighted by Gasteiger charge is 2.11. The van der Waals surface area contributed by atoms with Crippen LogP contribution in [0.25, 0.3) is 0 Å². The quantitative estimate of drug-likeness (QED) is 0.860. The molecule has 0 bridgehead atoms. The fourth-order valence-corrected chi connectivity index (χ4v) is 2.22. The van der Waals surface area contributed by atoms with Gasteiger partial charge in [-0.15, -0.1) is 0 Å². The number of rotatable bonds is 6. The third-order valence-electron chi connectivity index (χ3n) is 3.43. The van der Waals surface area contributed by atoms with Crippen LogP contribution < -0.4 is 5.32 Å². The Labute approximate surface area is 135 Å². The number of hydrogen-bond acceptors (Lipinski definition) is 3. The number of hydrogen-bond donors (Lipinski definition) is 2. The fourth-order valence-electron chi connectivity index (χ4n) is 2.22. The SMILES string of the molecule is CN(C)Cc1ccc(C(=O)NCC(O)c2ccc(F)cc2)cc1. The first-order valence-electron chi connectivity index (χ1n) is 7.41. The molecular formula is C18H21FN2O2. The number of nitrogens with zero attached hydrogens (tertiary/aromatic N) is 1. The molecule has 2 aromatic rings. The van der Waals surface area contributed by atoms with E-state index >= 15 is 0 Å². The smallest absolute Gasteiger partial charge is 0.251 e. The minimum atomic E-state index is -0.868. The van der Waals surface area contributed by atoms with Gasteiger partial charge in [0.2, 0.25) is 0 Å². The van der Waals surface area contributed by atoms with Crippen molar-refractivity contribution in [3.63, 3.8) is 0 Å². The molecule has 0 aliphatic heterocycles. The summed E-state index contributed by atoms with van der Waals surface area (Å²) in [6.45, 7) is 0.884. The molecule has 0 aliphatic carbocycles. The van der Waals surface area contributed by atoms with E-state index in [1.165, 1.54) is 24.3 Å². The second-order valence-electron chi connectivity index (χ2n) is 5.71. The predicted molar refractivity (Wildman–Crippen MR) is 87.5 cm³/mol. The maximum atomic E-state index is 12.8. The summed E-state index contributed by atoms with van der Waals surface area (Å²) >= 11 is 0. The predicted octanol–water partition coefficient (Wildman–Crippen LogP) is 2.35. The number of carbonyl (C=O) groups is 1. The molecule has 2 aromatic carbocycles. The Morgan fingerprint density at radius 3 is 2.30 bits per heavy atom. The Kier molecular flexibility index (Phi) is 5.84. The molecule has 2 rings (SSSR count). The molecule has 0 heterocycles. The van der Waals surface area contributed by atoms with E-state index in [0.717, 1.165) is 12.1 Å². The largest absolute Gasteiger partial charge is 0.387 e. The van der Waals surface area contributed by atoms with Crippen LogP contribution in [0.2, 0.25) is 0 Å². The molecule has 0 spiro atoms. The minimum Gasteiger partial charge on any atom is -0.387 e. The molecule has 1 unspecified atom stereocenters. The zero-order chi connectivity index (χ0) is 16.8. The van der Waals surface area contributed by atoms with Crippen molar-refractivity contribution in [1.82, 2.24) is 10.2 Å². The van der Waals surface area contributed by atoms with Crippen LogP contribution in [-0.4, -0.2) is 36.6 Å². The monoisotopic (exact) mass is 316 g/mol. The average Bonchev–Trinajstić information content (AvgIpc) is 2.53. The molecule has 2 N–H and O–H groups in total. The normalized spacial score (nSPS) is 12.2. The van der Waals surface area contributed by atoms with Crippen molar-refractivity contribution in [2.75, 3.05) is 20.6 Å². The van der Waals surface area contributed by atoms with Gasteiger partial charge in [0.1, 0.15) is 5.82 Å². The maximum absolute atomic E-state index is 12.8. The molecule has 4 nitrogen and oxygen atoms in total. The van der Waals surface area contributed by atoms with Gasteiger partial charge in [-0.3, -0.25) is 4.79 Å². The van der Waals surface area contributed by atoms with E-state index in [2.05, 4.69) is 5.32 Å². The van der Waals surface area contributed by atoms with Gasteiger partial charge in [0, 0.05) is 18.7 Å². The molecule has 0 aromatic heterocycles. The first kappa shape index (κ1) is 17.1. The minimum absolute atomic E-state index is 0.0733. The molecule has 1 atom stereocenters. The zero-order valence-corrected chi connectivity index (χ0v) is 13.3. The number of aliphatic hydroxyl groups is 1. The van der Waals surface area contributed by atoms with Gasteiger partial charge in [-0.05, 0) is 49.5 Å². The van der Waals surface area contributed by atoms with Crippen LogP contribution in [0, 0.1) is 5.82 Å². The molecule has 1 amide bonds. The third kappa shape index (κ3) is 5.16. The second kappa shape index (κ2) is 7.85. The summed E-state index contributed by atoms with van der Waals surface area (Å²) in [7, 11) is 3.97. The van der Waals surface area contributed by atoms with E-state index in [-0.39, 0.29) is 18.3 Å². The first-order valence-corrected chi connectivity index (χ1v) is 7.41. The topological polar surface area (TPSA) is 52.6 Å². The Morgan fingerprint density at radius 2 is 1.74 bits per heavy atom. The van der Waals surface area contributed by atoms with Crippen molar-refractivity contribution in [1.29, 1.82) is 0 Å². The van der Waals surface area contributed by atoms with Gasteiger partial charge in [0.25, 0.3) is 5.91 Å². The van der Waals surface area contributed by atoms with Crippen molar-refractivity contribution < 1.29 is 14.3 Å². The highest BCUT2D eigenvalue weighted by atomic mass is 19.1. The van der Waals surface area contributed by atoms with Crippen molar-refractivity contribution in [2.45, 2.75) is 12.6 Å². The molecule has 23 heavy (non-hydrogen) atoms. The lowest BCUT2D eigenvalue weighted by atomic mass is 10.1.